The minimum absolute atomic E-state index is 0.334. The van der Waals surface area contributed by atoms with Gasteiger partial charge in [-0.05, 0) is 38.0 Å². The predicted molar refractivity (Wildman–Crippen MR) is 84.9 cm³/mol. The molecule has 0 radical (unpaired) electrons. The Morgan fingerprint density at radius 2 is 2.19 bits per heavy atom. The van der Waals surface area contributed by atoms with Crippen molar-refractivity contribution in [2.75, 3.05) is 5.32 Å². The Morgan fingerprint density at radius 3 is 2.86 bits per heavy atom. The number of nitrogens with zero attached hydrogens (tertiary/aromatic N) is 4. The molecule has 21 heavy (non-hydrogen) atoms. The monoisotopic (exact) mass is 283 g/mol. The number of pyridine rings is 1. The van der Waals surface area contributed by atoms with Crippen LogP contribution in [-0.4, -0.2) is 26.5 Å². The summed E-state index contributed by atoms with van der Waals surface area (Å²) in [6.45, 7) is 7.07. The molecule has 0 bridgehead atoms. The van der Waals surface area contributed by atoms with Gasteiger partial charge in [0.15, 0.2) is 0 Å². The zero-order valence-corrected chi connectivity index (χ0v) is 13.0. The number of anilines is 1. The lowest BCUT2D eigenvalue weighted by molar-refractivity contribution is 0.716. The van der Waals surface area contributed by atoms with Crippen LogP contribution in [0.15, 0.2) is 23.3 Å². The highest BCUT2D eigenvalue weighted by Crippen LogP contribution is 2.28. The van der Waals surface area contributed by atoms with Crippen LogP contribution in [0.4, 0.5) is 5.82 Å². The van der Waals surface area contributed by atoms with E-state index in [1.807, 2.05) is 24.0 Å². The molecule has 0 saturated heterocycles. The Balaban J connectivity index is 2.05. The van der Waals surface area contributed by atoms with Gasteiger partial charge in [-0.2, -0.15) is 5.10 Å². The summed E-state index contributed by atoms with van der Waals surface area (Å²) in [6, 6.07) is 4.50. The maximum atomic E-state index is 4.69. The average molecular weight is 283 g/mol. The lowest BCUT2D eigenvalue weighted by atomic mass is 10.0. The van der Waals surface area contributed by atoms with Gasteiger partial charge in [-0.3, -0.25) is 9.67 Å². The van der Waals surface area contributed by atoms with Gasteiger partial charge in [-0.25, -0.2) is 4.98 Å². The predicted octanol–water partition coefficient (Wildman–Crippen LogP) is 2.55. The number of aliphatic imine (C=N–C) groups is 1. The van der Waals surface area contributed by atoms with Gasteiger partial charge in [-0.1, -0.05) is 6.92 Å². The molecule has 0 unspecified atom stereocenters. The molecule has 1 aliphatic rings. The highest BCUT2D eigenvalue weighted by atomic mass is 15.3. The summed E-state index contributed by atoms with van der Waals surface area (Å²) in [7, 11) is 1.98. The molecule has 0 spiro atoms. The molecule has 2 aromatic rings. The summed E-state index contributed by atoms with van der Waals surface area (Å²) in [4.78, 5) is 9.18. The second-order valence-electron chi connectivity index (χ2n) is 5.66. The van der Waals surface area contributed by atoms with Crippen LogP contribution in [0.2, 0.25) is 0 Å². The van der Waals surface area contributed by atoms with E-state index in [-0.39, 0.29) is 0 Å². The van der Waals surface area contributed by atoms with E-state index in [0.717, 1.165) is 29.2 Å². The summed E-state index contributed by atoms with van der Waals surface area (Å²) in [6.07, 6.45) is 2.81. The molecular formula is C16H21N5. The van der Waals surface area contributed by atoms with Crippen molar-refractivity contribution < 1.29 is 0 Å². The summed E-state index contributed by atoms with van der Waals surface area (Å²) in [5, 5.41) is 8.03. The van der Waals surface area contributed by atoms with Crippen LogP contribution >= 0.6 is 0 Å². The van der Waals surface area contributed by atoms with Gasteiger partial charge in [0.2, 0.25) is 0 Å². The van der Waals surface area contributed by atoms with Crippen LogP contribution in [0, 0.1) is 0 Å². The van der Waals surface area contributed by atoms with Gasteiger partial charge in [0, 0.05) is 30.5 Å². The van der Waals surface area contributed by atoms with Crippen LogP contribution in [0.25, 0.3) is 0 Å². The smallest absolute Gasteiger partial charge is 0.136 e. The quantitative estimate of drug-likeness (QED) is 0.938. The fourth-order valence-electron chi connectivity index (χ4n) is 2.69. The first-order valence-corrected chi connectivity index (χ1v) is 7.42. The van der Waals surface area contributed by atoms with Crippen LogP contribution < -0.4 is 5.32 Å². The third-order valence-corrected chi connectivity index (χ3v) is 3.69. The van der Waals surface area contributed by atoms with Crippen molar-refractivity contribution in [2.24, 2.45) is 12.0 Å². The number of nitrogens with one attached hydrogen (secondary N) is 1. The molecule has 1 N–H and O–H groups in total. The van der Waals surface area contributed by atoms with Crippen molar-refractivity contribution in [2.45, 2.75) is 39.8 Å². The van der Waals surface area contributed by atoms with E-state index in [1.165, 1.54) is 11.3 Å². The summed E-state index contributed by atoms with van der Waals surface area (Å²) in [5.74, 6) is 0.905. The summed E-state index contributed by atoms with van der Waals surface area (Å²) < 4.78 is 1.93. The van der Waals surface area contributed by atoms with Gasteiger partial charge in [-0.15, -0.1) is 0 Å². The van der Waals surface area contributed by atoms with E-state index in [4.69, 9.17) is 4.99 Å². The Morgan fingerprint density at radius 1 is 1.38 bits per heavy atom. The molecular weight excluding hydrogens is 262 g/mol. The molecule has 0 fully saturated rings. The van der Waals surface area contributed by atoms with Crippen LogP contribution in [-0.2, 0) is 20.0 Å². The molecule has 0 aromatic carbocycles. The first-order valence-electron chi connectivity index (χ1n) is 7.42. The standard InChI is InChI=1S/C16H21N5/c1-5-12-8-13(20-21(12)4)15-14-11(9-18-15)6-7-17-16(14)19-10(2)3/h6-8,10H,5,9H2,1-4H3,(H,17,19). The third kappa shape index (κ3) is 2.44. The fourth-order valence-corrected chi connectivity index (χ4v) is 2.69. The van der Waals surface area contributed by atoms with Gasteiger partial charge in [0.1, 0.15) is 11.5 Å². The van der Waals surface area contributed by atoms with Crippen LogP contribution in [0.5, 0.6) is 0 Å². The first-order chi connectivity index (χ1) is 10.1. The van der Waals surface area contributed by atoms with Crippen molar-refractivity contribution in [3.63, 3.8) is 0 Å². The topological polar surface area (TPSA) is 55.1 Å². The Hall–Kier alpha value is -2.17. The molecule has 2 aromatic heterocycles. The molecule has 5 nitrogen and oxygen atoms in total. The lowest BCUT2D eigenvalue weighted by Crippen LogP contribution is -2.15. The second kappa shape index (κ2) is 5.31. The summed E-state index contributed by atoms with van der Waals surface area (Å²) in [5.41, 5.74) is 5.42. The molecule has 0 atom stereocenters. The lowest BCUT2D eigenvalue weighted by Gasteiger charge is -2.13. The molecule has 0 amide bonds. The van der Waals surface area contributed by atoms with E-state index < -0.39 is 0 Å². The van der Waals surface area contributed by atoms with E-state index >= 15 is 0 Å². The van der Waals surface area contributed by atoms with Crippen molar-refractivity contribution in [3.8, 4) is 0 Å². The molecule has 0 saturated carbocycles. The average Bonchev–Trinajstić information content (AvgIpc) is 3.02. The first kappa shape index (κ1) is 13.8. The third-order valence-electron chi connectivity index (χ3n) is 3.69. The van der Waals surface area contributed by atoms with E-state index in [0.29, 0.717) is 12.6 Å². The number of aromatic nitrogens is 3. The zero-order valence-electron chi connectivity index (χ0n) is 13.0. The Kier molecular flexibility index (Phi) is 3.49. The number of rotatable bonds is 4. The van der Waals surface area contributed by atoms with Gasteiger partial charge in [0.25, 0.3) is 0 Å². The van der Waals surface area contributed by atoms with Crippen molar-refractivity contribution in [3.05, 3.63) is 40.8 Å². The Bertz CT molecular complexity index is 697. The number of hydrogen-bond acceptors (Lipinski definition) is 4. The number of hydrogen-bond donors (Lipinski definition) is 1. The van der Waals surface area contributed by atoms with E-state index in [9.17, 15) is 0 Å². The second-order valence-corrected chi connectivity index (χ2v) is 5.66. The Labute approximate surface area is 125 Å². The molecule has 0 aliphatic carbocycles. The number of fused-ring (bicyclic) bond motifs is 1. The van der Waals surface area contributed by atoms with Crippen molar-refractivity contribution in [1.82, 2.24) is 14.8 Å². The molecule has 3 rings (SSSR count). The minimum atomic E-state index is 0.334. The van der Waals surface area contributed by atoms with E-state index in [2.05, 4.69) is 42.2 Å². The van der Waals surface area contributed by atoms with Gasteiger partial charge >= 0.3 is 0 Å². The largest absolute Gasteiger partial charge is 0.367 e. The molecule has 5 heteroatoms. The van der Waals surface area contributed by atoms with Crippen molar-refractivity contribution in [1.29, 1.82) is 0 Å². The van der Waals surface area contributed by atoms with E-state index in [1.54, 1.807) is 0 Å². The van der Waals surface area contributed by atoms with Crippen LogP contribution in [0.1, 0.15) is 43.3 Å². The van der Waals surface area contributed by atoms with Crippen molar-refractivity contribution >= 4 is 11.5 Å². The van der Waals surface area contributed by atoms with Crippen LogP contribution in [0.3, 0.4) is 0 Å². The molecule has 110 valence electrons. The minimum Gasteiger partial charge on any atom is -0.367 e. The maximum Gasteiger partial charge on any atom is 0.136 e. The molecule has 1 aliphatic heterocycles. The summed E-state index contributed by atoms with van der Waals surface area (Å²) >= 11 is 0. The van der Waals surface area contributed by atoms with Gasteiger partial charge in [0.05, 0.1) is 12.3 Å². The van der Waals surface area contributed by atoms with Gasteiger partial charge < -0.3 is 5.32 Å². The fraction of sp³-hybridized carbons (Fsp3) is 0.438. The SMILES string of the molecule is CCc1cc(C2=NCc3ccnc(NC(C)C)c32)nn1C. The number of aryl methyl sites for hydroxylation is 2. The highest BCUT2D eigenvalue weighted by molar-refractivity contribution is 6.16. The molecule has 3 heterocycles. The normalized spacial score (nSPS) is 13.5. The maximum absolute atomic E-state index is 4.69. The highest BCUT2D eigenvalue weighted by Gasteiger charge is 2.24. The zero-order chi connectivity index (χ0) is 15.0.